The zero-order valence-electron chi connectivity index (χ0n) is 19.7. The molecule has 0 aliphatic heterocycles. The highest BCUT2D eigenvalue weighted by molar-refractivity contribution is 5.86. The third-order valence-electron chi connectivity index (χ3n) is 5.78. The molecule has 4 aromatic rings. The Morgan fingerprint density at radius 1 is 1.16 bits per heavy atom. The van der Waals surface area contributed by atoms with Crippen molar-refractivity contribution in [3.05, 3.63) is 80.6 Å². The van der Waals surface area contributed by atoms with Gasteiger partial charge in [-0.1, -0.05) is 0 Å². The van der Waals surface area contributed by atoms with Crippen LogP contribution < -0.4 is 16.4 Å². The van der Waals surface area contributed by atoms with Gasteiger partial charge in [-0.25, -0.2) is 28.2 Å². The van der Waals surface area contributed by atoms with Crippen molar-refractivity contribution in [3.63, 3.8) is 0 Å². The first-order valence-corrected chi connectivity index (χ1v) is 11.3. The van der Waals surface area contributed by atoms with Gasteiger partial charge < -0.3 is 9.88 Å². The van der Waals surface area contributed by atoms with Gasteiger partial charge in [-0.15, -0.1) is 0 Å². The Kier molecular flexibility index (Phi) is 7.51. The second kappa shape index (κ2) is 10.6. The van der Waals surface area contributed by atoms with Gasteiger partial charge in [-0.3, -0.25) is 9.59 Å². The molecule has 0 bridgehead atoms. The zero-order chi connectivity index (χ0) is 27.6. The summed E-state index contributed by atoms with van der Waals surface area (Å²) < 4.78 is 81.7. The lowest BCUT2D eigenvalue weighted by Crippen LogP contribution is -2.27. The molecule has 38 heavy (non-hydrogen) atoms. The largest absolute Gasteiger partial charge is 0.423 e. The van der Waals surface area contributed by atoms with Gasteiger partial charge in [0.2, 0.25) is 0 Å². The third kappa shape index (κ3) is 5.68. The second-order valence-electron chi connectivity index (χ2n) is 8.51. The van der Waals surface area contributed by atoms with Gasteiger partial charge in [0, 0.05) is 25.0 Å². The zero-order valence-corrected chi connectivity index (χ0v) is 19.7. The van der Waals surface area contributed by atoms with Crippen molar-refractivity contribution in [1.82, 2.24) is 24.7 Å². The Morgan fingerprint density at radius 2 is 1.92 bits per heavy atom. The van der Waals surface area contributed by atoms with Gasteiger partial charge in [-0.2, -0.15) is 18.3 Å². The molecule has 0 radical (unpaired) electrons. The van der Waals surface area contributed by atoms with Crippen LogP contribution in [0, 0.1) is 5.82 Å². The molecule has 0 spiro atoms. The number of alkyl halides is 5. The van der Waals surface area contributed by atoms with Crippen LogP contribution in [0.5, 0.6) is 0 Å². The van der Waals surface area contributed by atoms with Crippen LogP contribution in [0.15, 0.2) is 52.4 Å². The summed E-state index contributed by atoms with van der Waals surface area (Å²) in [4.78, 5) is 32.0. The van der Waals surface area contributed by atoms with Crippen LogP contribution >= 0.6 is 0 Å². The second-order valence-corrected chi connectivity index (χ2v) is 8.51. The Labute approximate surface area is 210 Å². The predicted octanol–water partition coefficient (Wildman–Crippen LogP) is 4.92. The number of aryl methyl sites for hydroxylation is 1. The summed E-state index contributed by atoms with van der Waals surface area (Å²) in [6.45, 7) is 1.80. The number of nitrogens with one attached hydrogen (secondary N) is 2. The molecule has 2 N–H and O–H groups in total. The first kappa shape index (κ1) is 26.8. The number of halogens is 6. The van der Waals surface area contributed by atoms with E-state index in [4.69, 9.17) is 0 Å². The van der Waals surface area contributed by atoms with Crippen LogP contribution in [0.2, 0.25) is 0 Å². The highest BCUT2D eigenvalue weighted by Crippen LogP contribution is 2.32. The van der Waals surface area contributed by atoms with Crippen LogP contribution in [-0.4, -0.2) is 30.8 Å². The van der Waals surface area contributed by atoms with Gasteiger partial charge in [0.15, 0.2) is 5.82 Å². The number of hydrogen-bond acceptors (Lipinski definition) is 6. The van der Waals surface area contributed by atoms with Crippen LogP contribution in [0.1, 0.15) is 37.4 Å². The predicted molar refractivity (Wildman–Crippen MR) is 126 cm³/mol. The molecular weight excluding hydrogens is 518 g/mol. The van der Waals surface area contributed by atoms with E-state index in [1.807, 2.05) is 0 Å². The van der Waals surface area contributed by atoms with Crippen LogP contribution in [0.3, 0.4) is 0 Å². The molecule has 1 unspecified atom stereocenters. The average molecular weight is 538 g/mol. The van der Waals surface area contributed by atoms with Crippen LogP contribution in [0.25, 0.3) is 22.2 Å². The number of pyridine rings is 1. The van der Waals surface area contributed by atoms with E-state index in [1.54, 1.807) is 18.1 Å². The smallest absolute Gasteiger partial charge is 0.381 e. The van der Waals surface area contributed by atoms with E-state index < -0.39 is 52.5 Å². The molecule has 0 amide bonds. The first-order valence-electron chi connectivity index (χ1n) is 11.3. The van der Waals surface area contributed by atoms with E-state index in [0.717, 1.165) is 24.5 Å². The number of rotatable bonds is 8. The minimum atomic E-state index is -4.87. The lowest BCUT2D eigenvalue weighted by Gasteiger charge is -2.18. The highest BCUT2D eigenvalue weighted by Gasteiger charge is 2.37. The van der Waals surface area contributed by atoms with Crippen LogP contribution in [-0.2, 0) is 12.7 Å². The van der Waals surface area contributed by atoms with E-state index in [9.17, 15) is 35.9 Å². The summed E-state index contributed by atoms with van der Waals surface area (Å²) in [5.74, 6) is -1.10. The Balaban J connectivity index is 1.49. The topological polar surface area (TPSA) is 106 Å². The van der Waals surface area contributed by atoms with Crippen molar-refractivity contribution in [2.45, 2.75) is 45.0 Å². The van der Waals surface area contributed by atoms with E-state index in [0.29, 0.717) is 18.2 Å². The van der Waals surface area contributed by atoms with Gasteiger partial charge in [-0.05, 0) is 49.4 Å². The van der Waals surface area contributed by atoms with Gasteiger partial charge in [0.25, 0.3) is 17.5 Å². The summed E-state index contributed by atoms with van der Waals surface area (Å²) in [6.07, 6.45) is -3.58. The maximum Gasteiger partial charge on any atom is 0.423 e. The normalized spacial score (nSPS) is 12.7. The average Bonchev–Trinajstić information content (AvgIpc) is 2.85. The van der Waals surface area contributed by atoms with E-state index in [1.165, 1.54) is 16.8 Å². The SMILES string of the molecule is CC(CCCn1ccc2cc(-c3nccc(C(F)F)n3)c(F)cc2c1=O)Nc1cn[nH]c(=O)c1C(F)(F)F. The summed E-state index contributed by atoms with van der Waals surface area (Å²) in [7, 11) is 0. The maximum absolute atomic E-state index is 14.8. The number of fused-ring (bicyclic) bond motifs is 1. The fourth-order valence-corrected chi connectivity index (χ4v) is 3.97. The number of aromatic amines is 1. The number of benzene rings is 1. The molecule has 0 aliphatic rings. The van der Waals surface area contributed by atoms with Crippen molar-refractivity contribution in [1.29, 1.82) is 0 Å². The molecule has 8 nitrogen and oxygen atoms in total. The number of aromatic nitrogens is 5. The monoisotopic (exact) mass is 538 g/mol. The summed E-state index contributed by atoms with van der Waals surface area (Å²) >= 11 is 0. The molecule has 14 heteroatoms. The molecule has 200 valence electrons. The van der Waals surface area contributed by atoms with E-state index >= 15 is 0 Å². The first-order chi connectivity index (χ1) is 18.0. The van der Waals surface area contributed by atoms with Crippen molar-refractivity contribution >= 4 is 16.5 Å². The fraction of sp³-hybridized carbons (Fsp3) is 0.292. The minimum Gasteiger partial charge on any atom is -0.381 e. The van der Waals surface area contributed by atoms with Gasteiger partial charge in [0.1, 0.15) is 17.1 Å². The molecule has 1 atom stereocenters. The molecule has 0 fully saturated rings. The standard InChI is InChI=1S/C24H20F6N6O2/c1-12(33-18-11-32-35-22(37)19(18)24(28,29)30)3-2-7-36-8-5-13-9-15(16(25)10-14(13)23(36)38)21-31-6-4-17(34-21)20(26)27/h4-6,8-12,20H,2-3,7H2,1H3,(H2,33,35,37). The van der Waals surface area contributed by atoms with Crippen molar-refractivity contribution < 1.29 is 26.3 Å². The molecule has 0 saturated carbocycles. The molecule has 3 heterocycles. The Bertz CT molecular complexity index is 1580. The summed E-state index contributed by atoms with van der Waals surface area (Å²) in [5.41, 5.74) is -4.39. The van der Waals surface area contributed by atoms with Gasteiger partial charge >= 0.3 is 6.18 Å². The van der Waals surface area contributed by atoms with E-state index in [2.05, 4.69) is 20.4 Å². The molecule has 3 aromatic heterocycles. The lowest BCUT2D eigenvalue weighted by molar-refractivity contribution is -0.138. The summed E-state index contributed by atoms with van der Waals surface area (Å²) in [6, 6.07) is 4.37. The number of anilines is 1. The molecule has 0 aliphatic carbocycles. The van der Waals surface area contributed by atoms with Crippen molar-refractivity contribution in [2.75, 3.05) is 5.32 Å². The lowest BCUT2D eigenvalue weighted by atomic mass is 10.1. The molecule has 0 saturated heterocycles. The molecular formula is C24H20F6N6O2. The number of H-pyrrole nitrogens is 1. The van der Waals surface area contributed by atoms with Crippen molar-refractivity contribution in [3.8, 4) is 11.4 Å². The third-order valence-corrected chi connectivity index (χ3v) is 5.78. The Morgan fingerprint density at radius 3 is 2.63 bits per heavy atom. The molecule has 4 rings (SSSR count). The van der Waals surface area contributed by atoms with Gasteiger partial charge in [0.05, 0.1) is 22.8 Å². The minimum absolute atomic E-state index is 0.0503. The van der Waals surface area contributed by atoms with Crippen LogP contribution in [0.4, 0.5) is 32.0 Å². The maximum atomic E-state index is 14.8. The molecule has 1 aromatic carbocycles. The highest BCUT2D eigenvalue weighted by atomic mass is 19.4. The fourth-order valence-electron chi connectivity index (χ4n) is 3.97. The Hall–Kier alpha value is -4.23. The van der Waals surface area contributed by atoms with Crippen molar-refractivity contribution in [2.24, 2.45) is 0 Å². The van der Waals surface area contributed by atoms with E-state index in [-0.39, 0.29) is 23.3 Å². The summed E-state index contributed by atoms with van der Waals surface area (Å²) in [5, 5.41) is 8.20. The number of hydrogen-bond donors (Lipinski definition) is 2. The number of nitrogens with zero attached hydrogens (tertiary/aromatic N) is 4. The quantitative estimate of drug-likeness (QED) is 0.309.